The Morgan fingerprint density at radius 2 is 2.08 bits per heavy atom. The highest BCUT2D eigenvalue weighted by molar-refractivity contribution is 5.87. The molecule has 2 rings (SSSR count). The van der Waals surface area contributed by atoms with E-state index in [1.807, 2.05) is 0 Å². The number of ketones is 1. The second kappa shape index (κ2) is 7.99. The van der Waals surface area contributed by atoms with Gasteiger partial charge in [-0.1, -0.05) is 6.07 Å². The van der Waals surface area contributed by atoms with Gasteiger partial charge in [-0.05, 0) is 36.5 Å². The second-order valence-corrected chi connectivity index (χ2v) is 5.89. The third kappa shape index (κ3) is 4.59. The zero-order chi connectivity index (χ0) is 17.7. The molecule has 1 fully saturated rings. The largest absolute Gasteiger partial charge is 0.467 e. The molecule has 0 unspecified atom stereocenters. The van der Waals surface area contributed by atoms with E-state index in [0.717, 1.165) is 12.1 Å². The Kier molecular flexibility index (Phi) is 6.00. The van der Waals surface area contributed by atoms with E-state index in [0.29, 0.717) is 19.3 Å². The first-order valence-electron chi connectivity index (χ1n) is 7.73. The Labute approximate surface area is 138 Å². The van der Waals surface area contributed by atoms with Crippen molar-refractivity contribution in [3.63, 3.8) is 0 Å². The lowest BCUT2D eigenvalue weighted by Crippen LogP contribution is -2.48. The molecule has 0 aliphatic heterocycles. The molecule has 0 saturated heterocycles. The van der Waals surface area contributed by atoms with E-state index >= 15 is 0 Å². The lowest BCUT2D eigenvalue weighted by molar-refractivity contribution is -0.147. The SMILES string of the molecule is COC(=O)[C@H](NC(=O)Cc1ccc(F)c(F)c1)[C@H]1CCCC(=O)C1. The molecule has 1 aliphatic carbocycles. The van der Waals surface area contributed by atoms with Crippen LogP contribution >= 0.6 is 0 Å². The summed E-state index contributed by atoms with van der Waals surface area (Å²) in [5.41, 5.74) is 0.287. The molecule has 1 aromatic carbocycles. The maximum atomic E-state index is 13.2. The van der Waals surface area contributed by atoms with Crippen molar-refractivity contribution >= 4 is 17.7 Å². The van der Waals surface area contributed by atoms with Crippen molar-refractivity contribution in [3.8, 4) is 0 Å². The first kappa shape index (κ1) is 18.0. The predicted octanol–water partition coefficient (Wildman–Crippen LogP) is 1.92. The molecule has 5 nitrogen and oxygen atoms in total. The van der Waals surface area contributed by atoms with Crippen LogP contribution in [0.4, 0.5) is 8.78 Å². The van der Waals surface area contributed by atoms with Crippen molar-refractivity contribution in [1.29, 1.82) is 0 Å². The molecule has 130 valence electrons. The molecule has 0 bridgehead atoms. The maximum absolute atomic E-state index is 13.2. The van der Waals surface area contributed by atoms with Crippen LogP contribution in [-0.4, -0.2) is 30.8 Å². The number of halogens is 2. The number of methoxy groups -OCH3 is 1. The topological polar surface area (TPSA) is 72.5 Å². The van der Waals surface area contributed by atoms with Gasteiger partial charge >= 0.3 is 5.97 Å². The molecular weight excluding hydrogens is 320 g/mol. The molecule has 2 atom stereocenters. The minimum Gasteiger partial charge on any atom is -0.467 e. The minimum absolute atomic E-state index is 0.0509. The summed E-state index contributed by atoms with van der Waals surface area (Å²) < 4.78 is 30.8. The van der Waals surface area contributed by atoms with Gasteiger partial charge in [0.2, 0.25) is 5.91 Å². The molecule has 1 amide bonds. The van der Waals surface area contributed by atoms with E-state index in [4.69, 9.17) is 4.74 Å². The van der Waals surface area contributed by atoms with Gasteiger partial charge in [-0.15, -0.1) is 0 Å². The third-order valence-corrected chi connectivity index (χ3v) is 4.11. The summed E-state index contributed by atoms with van der Waals surface area (Å²) in [5, 5.41) is 2.56. The maximum Gasteiger partial charge on any atom is 0.328 e. The van der Waals surface area contributed by atoms with Crippen molar-refractivity contribution < 1.29 is 27.9 Å². The van der Waals surface area contributed by atoms with E-state index in [2.05, 4.69) is 5.32 Å². The van der Waals surface area contributed by atoms with Crippen LogP contribution in [0.5, 0.6) is 0 Å². The number of carbonyl (C=O) groups excluding carboxylic acids is 3. The normalized spacial score (nSPS) is 18.8. The molecule has 0 radical (unpaired) electrons. The van der Waals surface area contributed by atoms with Crippen LogP contribution < -0.4 is 5.32 Å². The summed E-state index contributed by atoms with van der Waals surface area (Å²) in [7, 11) is 1.21. The lowest BCUT2D eigenvalue weighted by Gasteiger charge is -2.28. The first-order chi connectivity index (χ1) is 11.4. The number of esters is 1. The van der Waals surface area contributed by atoms with Crippen molar-refractivity contribution in [2.45, 2.75) is 38.1 Å². The molecule has 0 heterocycles. The van der Waals surface area contributed by atoms with Crippen LogP contribution in [0.25, 0.3) is 0 Å². The van der Waals surface area contributed by atoms with Crippen LogP contribution in [0, 0.1) is 17.6 Å². The van der Waals surface area contributed by atoms with E-state index in [1.54, 1.807) is 0 Å². The summed E-state index contributed by atoms with van der Waals surface area (Å²) >= 11 is 0. The lowest BCUT2D eigenvalue weighted by atomic mass is 9.83. The third-order valence-electron chi connectivity index (χ3n) is 4.11. The Morgan fingerprint density at radius 3 is 2.71 bits per heavy atom. The summed E-state index contributed by atoms with van der Waals surface area (Å²) in [6.45, 7) is 0. The molecule has 7 heteroatoms. The Bertz CT molecular complexity index is 647. The van der Waals surface area contributed by atoms with Gasteiger partial charge in [-0.3, -0.25) is 9.59 Å². The van der Waals surface area contributed by atoms with Crippen molar-refractivity contribution in [3.05, 3.63) is 35.4 Å². The second-order valence-electron chi connectivity index (χ2n) is 5.89. The van der Waals surface area contributed by atoms with Gasteiger partial charge in [0.1, 0.15) is 11.8 Å². The molecule has 0 aromatic heterocycles. The van der Waals surface area contributed by atoms with Gasteiger partial charge in [-0.25, -0.2) is 13.6 Å². The van der Waals surface area contributed by atoms with Gasteiger partial charge in [0.05, 0.1) is 13.5 Å². The first-order valence-corrected chi connectivity index (χ1v) is 7.73. The fraction of sp³-hybridized carbons (Fsp3) is 0.471. The number of amides is 1. The van der Waals surface area contributed by atoms with Gasteiger partial charge in [0.25, 0.3) is 0 Å². The molecule has 0 spiro atoms. The van der Waals surface area contributed by atoms with Crippen LogP contribution in [0.2, 0.25) is 0 Å². The Morgan fingerprint density at radius 1 is 1.33 bits per heavy atom. The fourth-order valence-electron chi connectivity index (χ4n) is 2.90. The fourth-order valence-corrected chi connectivity index (χ4v) is 2.90. The van der Waals surface area contributed by atoms with E-state index in [9.17, 15) is 23.2 Å². The molecular formula is C17H19F2NO4. The highest BCUT2D eigenvalue weighted by Crippen LogP contribution is 2.25. The monoisotopic (exact) mass is 339 g/mol. The van der Waals surface area contributed by atoms with Gasteiger partial charge < -0.3 is 10.1 Å². The van der Waals surface area contributed by atoms with E-state index in [1.165, 1.54) is 13.2 Å². The Balaban J connectivity index is 2.05. The molecule has 1 aromatic rings. The number of hydrogen-bond acceptors (Lipinski definition) is 4. The highest BCUT2D eigenvalue weighted by atomic mass is 19.2. The zero-order valence-corrected chi connectivity index (χ0v) is 13.3. The van der Waals surface area contributed by atoms with Crippen molar-refractivity contribution in [1.82, 2.24) is 5.32 Å². The van der Waals surface area contributed by atoms with Crippen molar-refractivity contribution in [2.24, 2.45) is 5.92 Å². The quantitative estimate of drug-likeness (QED) is 0.832. The predicted molar refractivity (Wildman–Crippen MR) is 81.0 cm³/mol. The Hall–Kier alpha value is -2.31. The number of benzene rings is 1. The van der Waals surface area contributed by atoms with Crippen molar-refractivity contribution in [2.75, 3.05) is 7.11 Å². The standard InChI is InChI=1S/C17H19F2NO4/c1-24-17(23)16(11-3-2-4-12(21)9-11)20-15(22)8-10-5-6-13(18)14(19)7-10/h5-7,11,16H,2-4,8-9H2,1H3,(H,20,22)/t11-,16+/m0/s1. The van der Waals surface area contributed by atoms with Crippen LogP contribution in [0.3, 0.4) is 0 Å². The minimum atomic E-state index is -1.04. The molecule has 1 aliphatic rings. The number of ether oxygens (including phenoxy) is 1. The highest BCUT2D eigenvalue weighted by Gasteiger charge is 2.34. The number of carbonyl (C=O) groups is 3. The van der Waals surface area contributed by atoms with Gasteiger partial charge in [0, 0.05) is 12.8 Å². The summed E-state index contributed by atoms with van der Waals surface area (Å²) in [5.74, 6) is -3.43. The van der Waals surface area contributed by atoms with E-state index < -0.39 is 29.6 Å². The van der Waals surface area contributed by atoms with Crippen LogP contribution in [0.1, 0.15) is 31.2 Å². The summed E-state index contributed by atoms with van der Waals surface area (Å²) in [4.78, 5) is 35.7. The van der Waals surface area contributed by atoms with Crippen LogP contribution in [0.15, 0.2) is 18.2 Å². The molecule has 1 saturated carbocycles. The summed E-state index contributed by atoms with van der Waals surface area (Å²) in [6, 6.07) is 2.26. The number of rotatable bonds is 5. The van der Waals surface area contributed by atoms with E-state index in [-0.39, 0.29) is 30.1 Å². The zero-order valence-electron chi connectivity index (χ0n) is 13.3. The van der Waals surface area contributed by atoms with Crippen LogP contribution in [-0.2, 0) is 25.5 Å². The molecule has 1 N–H and O–H groups in total. The number of Topliss-reactive ketones (excluding diaryl/α,β-unsaturated/α-hetero) is 1. The smallest absolute Gasteiger partial charge is 0.328 e. The average Bonchev–Trinajstić information content (AvgIpc) is 2.55. The average molecular weight is 339 g/mol. The van der Waals surface area contributed by atoms with Gasteiger partial charge in [-0.2, -0.15) is 0 Å². The summed E-state index contributed by atoms with van der Waals surface area (Å²) in [6.07, 6.45) is 1.79. The van der Waals surface area contributed by atoms with Gasteiger partial charge in [0.15, 0.2) is 11.6 Å². The molecule has 24 heavy (non-hydrogen) atoms. The number of nitrogens with one attached hydrogen (secondary N) is 1. The number of hydrogen-bond donors (Lipinski definition) is 1.